The van der Waals surface area contributed by atoms with Crippen molar-refractivity contribution in [3.8, 4) is 0 Å². The van der Waals surface area contributed by atoms with Crippen molar-refractivity contribution >= 4 is 0 Å². The molecule has 1 fully saturated rings. The van der Waals surface area contributed by atoms with E-state index in [1.165, 1.54) is 0 Å². The Balaban J connectivity index is 2.43. The Hall–Kier alpha value is -0.0800. The maximum Gasteiger partial charge on any atom is 0.0672 e. The predicted octanol–water partition coefficient (Wildman–Crippen LogP) is 2.11. The van der Waals surface area contributed by atoms with E-state index in [1.54, 1.807) is 7.11 Å². The summed E-state index contributed by atoms with van der Waals surface area (Å²) in [6, 6.07) is 0. The summed E-state index contributed by atoms with van der Waals surface area (Å²) in [5, 5.41) is 10.1. The van der Waals surface area contributed by atoms with E-state index >= 15 is 0 Å². The van der Waals surface area contributed by atoms with Crippen molar-refractivity contribution in [3.05, 3.63) is 0 Å². The van der Waals surface area contributed by atoms with Gasteiger partial charge in [0.15, 0.2) is 0 Å². The van der Waals surface area contributed by atoms with Crippen LogP contribution in [0, 0.1) is 0 Å². The Morgan fingerprint density at radius 2 is 2.33 bits per heavy atom. The highest BCUT2D eigenvalue weighted by molar-refractivity contribution is 4.86. The molecule has 12 heavy (non-hydrogen) atoms. The van der Waals surface area contributed by atoms with Gasteiger partial charge in [-0.2, -0.15) is 0 Å². The first-order valence-electron chi connectivity index (χ1n) is 4.95. The topological polar surface area (TPSA) is 29.5 Å². The quantitative estimate of drug-likeness (QED) is 0.706. The second kappa shape index (κ2) is 4.24. The van der Waals surface area contributed by atoms with Gasteiger partial charge in [-0.25, -0.2) is 0 Å². The first-order chi connectivity index (χ1) is 5.70. The van der Waals surface area contributed by atoms with E-state index in [1.807, 2.05) is 0 Å². The molecule has 1 saturated carbocycles. The van der Waals surface area contributed by atoms with E-state index in [0.29, 0.717) is 0 Å². The molecule has 72 valence electrons. The van der Waals surface area contributed by atoms with Gasteiger partial charge in [-0.3, -0.25) is 0 Å². The molecule has 0 bridgehead atoms. The van der Waals surface area contributed by atoms with Crippen LogP contribution in [0.15, 0.2) is 0 Å². The summed E-state index contributed by atoms with van der Waals surface area (Å²) < 4.78 is 5.27. The SMILES string of the molecule is CCCC1(O)CCCC(OC)C1. The van der Waals surface area contributed by atoms with Gasteiger partial charge in [0.1, 0.15) is 0 Å². The fourth-order valence-corrected chi connectivity index (χ4v) is 2.18. The summed E-state index contributed by atoms with van der Waals surface area (Å²) in [5.41, 5.74) is -0.423. The molecule has 1 N–H and O–H groups in total. The van der Waals surface area contributed by atoms with Crippen LogP contribution in [-0.4, -0.2) is 23.9 Å². The van der Waals surface area contributed by atoms with Gasteiger partial charge < -0.3 is 9.84 Å². The highest BCUT2D eigenvalue weighted by atomic mass is 16.5. The molecule has 0 aromatic heterocycles. The van der Waals surface area contributed by atoms with E-state index < -0.39 is 5.60 Å². The maximum atomic E-state index is 10.1. The molecule has 0 aromatic rings. The molecule has 0 saturated heterocycles. The van der Waals surface area contributed by atoms with Crippen molar-refractivity contribution in [1.29, 1.82) is 0 Å². The normalized spacial score (nSPS) is 36.8. The average molecular weight is 172 g/mol. The Labute approximate surface area is 74.9 Å². The van der Waals surface area contributed by atoms with Gasteiger partial charge in [0.05, 0.1) is 11.7 Å². The third-order valence-electron chi connectivity index (χ3n) is 2.82. The smallest absolute Gasteiger partial charge is 0.0672 e. The molecule has 1 rings (SSSR count). The van der Waals surface area contributed by atoms with Gasteiger partial charge in [-0.15, -0.1) is 0 Å². The fourth-order valence-electron chi connectivity index (χ4n) is 2.18. The van der Waals surface area contributed by atoms with Crippen LogP contribution in [0.2, 0.25) is 0 Å². The minimum Gasteiger partial charge on any atom is -0.390 e. The molecule has 2 atom stereocenters. The van der Waals surface area contributed by atoms with Gasteiger partial charge in [0, 0.05) is 13.5 Å². The van der Waals surface area contributed by atoms with Gasteiger partial charge in [-0.1, -0.05) is 13.3 Å². The van der Waals surface area contributed by atoms with Crippen LogP contribution in [0.1, 0.15) is 45.4 Å². The number of hydrogen-bond acceptors (Lipinski definition) is 2. The number of rotatable bonds is 3. The third-order valence-corrected chi connectivity index (χ3v) is 2.82. The molecule has 0 aliphatic heterocycles. The van der Waals surface area contributed by atoms with E-state index in [0.717, 1.165) is 38.5 Å². The summed E-state index contributed by atoms with van der Waals surface area (Å²) in [7, 11) is 1.74. The molecule has 0 aromatic carbocycles. The first-order valence-corrected chi connectivity index (χ1v) is 4.95. The monoisotopic (exact) mass is 172 g/mol. The molecule has 1 aliphatic rings. The lowest BCUT2D eigenvalue weighted by Gasteiger charge is -2.36. The number of aliphatic hydroxyl groups is 1. The molecule has 0 radical (unpaired) electrons. The Morgan fingerprint density at radius 3 is 2.92 bits per heavy atom. The number of methoxy groups -OCH3 is 1. The van der Waals surface area contributed by atoms with E-state index in [-0.39, 0.29) is 6.10 Å². The molecule has 0 heterocycles. The lowest BCUT2D eigenvalue weighted by atomic mass is 9.80. The van der Waals surface area contributed by atoms with Crippen molar-refractivity contribution in [2.45, 2.75) is 57.2 Å². The number of hydrogen-bond donors (Lipinski definition) is 1. The van der Waals surface area contributed by atoms with Crippen molar-refractivity contribution in [3.63, 3.8) is 0 Å². The highest BCUT2D eigenvalue weighted by Gasteiger charge is 2.33. The van der Waals surface area contributed by atoms with Crippen LogP contribution in [0.4, 0.5) is 0 Å². The van der Waals surface area contributed by atoms with Gasteiger partial charge >= 0.3 is 0 Å². The van der Waals surface area contributed by atoms with E-state index in [4.69, 9.17) is 4.74 Å². The van der Waals surface area contributed by atoms with E-state index in [2.05, 4.69) is 6.92 Å². The van der Waals surface area contributed by atoms with Crippen LogP contribution in [0.5, 0.6) is 0 Å². The molecular formula is C10H20O2. The van der Waals surface area contributed by atoms with Gasteiger partial charge in [0.25, 0.3) is 0 Å². The predicted molar refractivity (Wildman–Crippen MR) is 49.1 cm³/mol. The summed E-state index contributed by atoms with van der Waals surface area (Å²) in [6.45, 7) is 2.12. The second-order valence-corrected chi connectivity index (χ2v) is 3.93. The zero-order valence-corrected chi connectivity index (χ0v) is 8.18. The Bertz CT molecular complexity index is 132. The van der Waals surface area contributed by atoms with Crippen LogP contribution in [-0.2, 0) is 4.74 Å². The lowest BCUT2D eigenvalue weighted by Crippen LogP contribution is -2.37. The summed E-state index contributed by atoms with van der Waals surface area (Å²) in [5.74, 6) is 0. The molecule has 2 unspecified atom stereocenters. The summed E-state index contributed by atoms with van der Waals surface area (Å²) in [4.78, 5) is 0. The minimum absolute atomic E-state index is 0.287. The average Bonchev–Trinajstić information content (AvgIpc) is 2.04. The number of ether oxygens (including phenoxy) is 1. The minimum atomic E-state index is -0.423. The molecule has 0 spiro atoms. The first kappa shape index (κ1) is 10.0. The zero-order valence-electron chi connectivity index (χ0n) is 8.18. The van der Waals surface area contributed by atoms with Gasteiger partial charge in [0.2, 0.25) is 0 Å². The third kappa shape index (κ3) is 2.46. The standard InChI is InChI=1S/C10H20O2/c1-3-6-10(11)7-4-5-9(8-10)12-2/h9,11H,3-8H2,1-2H3. The Kier molecular flexibility index (Phi) is 3.53. The summed E-state index contributed by atoms with van der Waals surface area (Å²) >= 11 is 0. The van der Waals surface area contributed by atoms with Crippen molar-refractivity contribution in [2.24, 2.45) is 0 Å². The lowest BCUT2D eigenvalue weighted by molar-refractivity contribution is -0.0635. The molecule has 2 nitrogen and oxygen atoms in total. The Morgan fingerprint density at radius 1 is 1.58 bits per heavy atom. The highest BCUT2D eigenvalue weighted by Crippen LogP contribution is 2.33. The second-order valence-electron chi connectivity index (χ2n) is 3.93. The zero-order chi connectivity index (χ0) is 9.03. The van der Waals surface area contributed by atoms with Crippen LogP contribution >= 0.6 is 0 Å². The molecule has 0 amide bonds. The van der Waals surface area contributed by atoms with Crippen LogP contribution in [0.25, 0.3) is 0 Å². The van der Waals surface area contributed by atoms with E-state index in [9.17, 15) is 5.11 Å². The van der Waals surface area contributed by atoms with Gasteiger partial charge in [-0.05, 0) is 25.7 Å². The summed E-state index contributed by atoms with van der Waals surface area (Å²) in [6.07, 6.45) is 6.28. The van der Waals surface area contributed by atoms with Crippen molar-refractivity contribution < 1.29 is 9.84 Å². The molecule has 2 heteroatoms. The van der Waals surface area contributed by atoms with Crippen LogP contribution < -0.4 is 0 Å². The molecule has 1 aliphatic carbocycles. The molecular weight excluding hydrogens is 152 g/mol. The largest absolute Gasteiger partial charge is 0.390 e. The van der Waals surface area contributed by atoms with Crippen LogP contribution in [0.3, 0.4) is 0 Å². The van der Waals surface area contributed by atoms with Crippen molar-refractivity contribution in [1.82, 2.24) is 0 Å². The van der Waals surface area contributed by atoms with Crippen molar-refractivity contribution in [2.75, 3.05) is 7.11 Å². The maximum absolute atomic E-state index is 10.1. The fraction of sp³-hybridized carbons (Fsp3) is 1.00.